The van der Waals surface area contributed by atoms with Crippen LogP contribution in [-0.4, -0.2) is 10.2 Å². The molecule has 4 nitrogen and oxygen atoms in total. The number of thiocarbonyl (C=S) groups is 1. The molecule has 0 saturated heterocycles. The lowest BCUT2D eigenvalue weighted by Gasteiger charge is -2.20. The molecule has 3 rings (SSSR count). The molecule has 0 saturated carbocycles. The molecular weight excluding hydrogens is 322 g/mol. The molecule has 0 spiro atoms. The molecule has 0 fully saturated rings. The second-order valence-electron chi connectivity index (χ2n) is 5.37. The van der Waals surface area contributed by atoms with Gasteiger partial charge >= 0.3 is 0 Å². The first-order valence-electron chi connectivity index (χ1n) is 7.69. The van der Waals surface area contributed by atoms with Crippen molar-refractivity contribution in [2.24, 2.45) is 0 Å². The average molecular weight is 339 g/mol. The molecule has 2 aromatic carbocycles. The van der Waals surface area contributed by atoms with E-state index in [2.05, 4.69) is 5.16 Å². The molecule has 1 aromatic heterocycles. The predicted octanol–water partition coefficient (Wildman–Crippen LogP) is 4.03. The standard InChI is InChI=1S/C19H17NO3S/c21-17-13-16(23-20-17)11-12-18(24)22-19(14-7-3-1-4-8-14)15-9-5-2-6-10-15/h1-10,13,19H,11-12H2,(H,20,21). The van der Waals surface area contributed by atoms with Gasteiger partial charge in [0.2, 0.25) is 0 Å². The van der Waals surface area contributed by atoms with E-state index in [1.165, 1.54) is 6.07 Å². The van der Waals surface area contributed by atoms with E-state index in [0.717, 1.165) is 11.1 Å². The third-order valence-electron chi connectivity index (χ3n) is 3.60. The van der Waals surface area contributed by atoms with E-state index in [1.54, 1.807) is 0 Å². The van der Waals surface area contributed by atoms with Crippen molar-refractivity contribution in [1.82, 2.24) is 5.16 Å². The minimum Gasteiger partial charge on any atom is -0.474 e. The molecular formula is C19H17NO3S. The number of rotatable bonds is 6. The zero-order chi connectivity index (χ0) is 16.8. The quantitative estimate of drug-likeness (QED) is 0.689. The van der Waals surface area contributed by atoms with Crippen LogP contribution in [0.4, 0.5) is 0 Å². The van der Waals surface area contributed by atoms with Crippen LogP contribution in [0, 0.1) is 0 Å². The maximum absolute atomic E-state index is 11.1. The number of hydrogen-bond donors (Lipinski definition) is 1. The number of aryl methyl sites for hydroxylation is 1. The molecule has 5 heteroatoms. The van der Waals surface area contributed by atoms with E-state index in [-0.39, 0.29) is 11.7 Å². The molecule has 0 radical (unpaired) electrons. The summed E-state index contributed by atoms with van der Waals surface area (Å²) in [6.07, 6.45) is 0.776. The van der Waals surface area contributed by atoms with Gasteiger partial charge in [0, 0.05) is 18.9 Å². The first kappa shape index (κ1) is 16.2. The summed E-state index contributed by atoms with van der Waals surface area (Å²) in [7, 11) is 0. The van der Waals surface area contributed by atoms with Crippen LogP contribution in [0.15, 0.2) is 76.0 Å². The highest BCUT2D eigenvalue weighted by Gasteiger charge is 2.17. The molecule has 1 heterocycles. The molecule has 1 N–H and O–H groups in total. The van der Waals surface area contributed by atoms with Crippen molar-refractivity contribution in [1.29, 1.82) is 0 Å². The average Bonchev–Trinajstić information content (AvgIpc) is 3.05. The van der Waals surface area contributed by atoms with Gasteiger partial charge in [-0.3, -0.25) is 4.79 Å². The lowest BCUT2D eigenvalue weighted by atomic mass is 10.0. The molecule has 0 unspecified atom stereocenters. The van der Waals surface area contributed by atoms with Gasteiger partial charge in [-0.15, -0.1) is 0 Å². The molecule has 122 valence electrons. The molecule has 0 bridgehead atoms. The molecule has 0 aliphatic carbocycles. The first-order valence-corrected chi connectivity index (χ1v) is 8.10. The SMILES string of the molecule is O=c1cc(CCC(=S)OC(c2ccccc2)c2ccccc2)o[nH]1. The van der Waals surface area contributed by atoms with E-state index < -0.39 is 0 Å². The number of ether oxygens (including phenoxy) is 1. The lowest BCUT2D eigenvalue weighted by Crippen LogP contribution is -2.12. The summed E-state index contributed by atoms with van der Waals surface area (Å²) in [5.41, 5.74) is 1.83. The Hall–Kier alpha value is -2.66. The van der Waals surface area contributed by atoms with Crippen LogP contribution >= 0.6 is 12.2 Å². The second-order valence-corrected chi connectivity index (χ2v) is 5.83. The summed E-state index contributed by atoms with van der Waals surface area (Å²) >= 11 is 5.38. The monoisotopic (exact) mass is 339 g/mol. The molecule has 3 aromatic rings. The zero-order valence-corrected chi connectivity index (χ0v) is 13.8. The van der Waals surface area contributed by atoms with Gasteiger partial charge in [0.25, 0.3) is 5.56 Å². The number of hydrogen-bond acceptors (Lipinski definition) is 4. The van der Waals surface area contributed by atoms with Gasteiger partial charge in [-0.25, -0.2) is 0 Å². The van der Waals surface area contributed by atoms with Crippen molar-refractivity contribution in [3.63, 3.8) is 0 Å². The van der Waals surface area contributed by atoms with Gasteiger partial charge in [-0.2, -0.15) is 5.16 Å². The fourth-order valence-electron chi connectivity index (χ4n) is 2.44. The largest absolute Gasteiger partial charge is 0.474 e. The predicted molar refractivity (Wildman–Crippen MR) is 96.1 cm³/mol. The van der Waals surface area contributed by atoms with Gasteiger partial charge in [0.05, 0.1) is 0 Å². The van der Waals surface area contributed by atoms with Crippen molar-refractivity contribution in [2.45, 2.75) is 18.9 Å². The molecule has 0 atom stereocenters. The molecule has 24 heavy (non-hydrogen) atoms. The number of H-pyrrole nitrogens is 1. The fraction of sp³-hybridized carbons (Fsp3) is 0.158. The number of aromatic nitrogens is 1. The summed E-state index contributed by atoms with van der Waals surface area (Å²) in [4.78, 5) is 11.1. The van der Waals surface area contributed by atoms with Crippen molar-refractivity contribution in [3.8, 4) is 0 Å². The van der Waals surface area contributed by atoms with Crippen molar-refractivity contribution in [2.75, 3.05) is 0 Å². The Morgan fingerprint density at radius 1 is 1.04 bits per heavy atom. The van der Waals surface area contributed by atoms with E-state index in [4.69, 9.17) is 21.5 Å². The van der Waals surface area contributed by atoms with Crippen molar-refractivity contribution >= 4 is 17.3 Å². The van der Waals surface area contributed by atoms with Crippen LogP contribution in [-0.2, 0) is 11.2 Å². The maximum Gasteiger partial charge on any atom is 0.280 e. The lowest BCUT2D eigenvalue weighted by molar-refractivity contribution is 0.232. The number of nitrogens with one attached hydrogen (secondary N) is 1. The van der Waals surface area contributed by atoms with Crippen LogP contribution in [0.3, 0.4) is 0 Å². The highest BCUT2D eigenvalue weighted by atomic mass is 32.1. The third kappa shape index (κ3) is 4.20. The first-order chi connectivity index (χ1) is 11.7. The van der Waals surface area contributed by atoms with Crippen molar-refractivity contribution in [3.05, 3.63) is 94.0 Å². The van der Waals surface area contributed by atoms with Crippen LogP contribution in [0.2, 0.25) is 0 Å². The zero-order valence-electron chi connectivity index (χ0n) is 13.0. The van der Waals surface area contributed by atoms with Crippen LogP contribution in [0.5, 0.6) is 0 Å². The Kier molecular flexibility index (Phi) is 5.23. The molecule has 0 aliphatic rings. The number of aromatic amines is 1. The maximum atomic E-state index is 11.1. The van der Waals surface area contributed by atoms with Crippen LogP contribution in [0.1, 0.15) is 29.4 Å². The van der Waals surface area contributed by atoms with Crippen molar-refractivity contribution < 1.29 is 9.26 Å². The highest BCUT2D eigenvalue weighted by Crippen LogP contribution is 2.26. The van der Waals surface area contributed by atoms with Crippen LogP contribution < -0.4 is 5.56 Å². The topological polar surface area (TPSA) is 55.2 Å². The smallest absolute Gasteiger partial charge is 0.280 e. The summed E-state index contributed by atoms with van der Waals surface area (Å²) < 4.78 is 11.1. The molecule has 0 aliphatic heterocycles. The van der Waals surface area contributed by atoms with Crippen LogP contribution in [0.25, 0.3) is 0 Å². The third-order valence-corrected chi connectivity index (χ3v) is 3.90. The summed E-state index contributed by atoms with van der Waals surface area (Å²) in [5.74, 6) is 0.571. The van der Waals surface area contributed by atoms with E-state index in [1.807, 2.05) is 60.7 Å². The summed E-state index contributed by atoms with van der Waals surface area (Å²) in [6, 6.07) is 21.4. The summed E-state index contributed by atoms with van der Waals surface area (Å²) in [6.45, 7) is 0. The van der Waals surface area contributed by atoms with Gasteiger partial charge in [-0.1, -0.05) is 60.7 Å². The van der Waals surface area contributed by atoms with Gasteiger partial charge < -0.3 is 9.26 Å². The fourth-order valence-corrected chi connectivity index (χ4v) is 2.64. The van der Waals surface area contributed by atoms with Gasteiger partial charge in [0.1, 0.15) is 11.9 Å². The van der Waals surface area contributed by atoms with E-state index in [0.29, 0.717) is 23.7 Å². The minimum absolute atomic E-state index is 0.247. The second kappa shape index (κ2) is 7.75. The Morgan fingerprint density at radius 2 is 1.62 bits per heavy atom. The Morgan fingerprint density at radius 3 is 2.12 bits per heavy atom. The highest BCUT2D eigenvalue weighted by molar-refractivity contribution is 7.80. The normalized spacial score (nSPS) is 10.7. The Bertz CT molecular complexity index is 800. The minimum atomic E-state index is -0.252. The van der Waals surface area contributed by atoms with E-state index >= 15 is 0 Å². The Balaban J connectivity index is 1.72. The van der Waals surface area contributed by atoms with Gasteiger partial charge in [-0.05, 0) is 23.3 Å². The number of benzene rings is 2. The van der Waals surface area contributed by atoms with E-state index in [9.17, 15) is 4.79 Å². The Labute approximate surface area is 145 Å². The van der Waals surface area contributed by atoms with Gasteiger partial charge in [0.15, 0.2) is 5.05 Å². The summed E-state index contributed by atoms with van der Waals surface area (Å²) in [5, 5.41) is 2.75. The molecule has 0 amide bonds.